The van der Waals surface area contributed by atoms with E-state index in [9.17, 15) is 8.42 Å². The van der Waals surface area contributed by atoms with Crippen LogP contribution in [-0.4, -0.2) is 37.8 Å². The number of halogens is 1. The van der Waals surface area contributed by atoms with Crippen molar-refractivity contribution in [2.75, 3.05) is 18.2 Å². The van der Waals surface area contributed by atoms with Crippen LogP contribution in [-0.2, 0) is 10.0 Å². The minimum absolute atomic E-state index is 0.0726. The highest BCUT2D eigenvalue weighted by atomic mass is 35.5. The average molecular weight is 230 g/mol. The van der Waals surface area contributed by atoms with E-state index in [4.69, 9.17) is 16.7 Å². The maximum absolute atomic E-state index is 11.1. The lowest BCUT2D eigenvalue weighted by atomic mass is 10.4. The van der Waals surface area contributed by atoms with Crippen molar-refractivity contribution in [2.45, 2.75) is 25.9 Å². The molecule has 0 aromatic heterocycles. The predicted octanol–water partition coefficient (Wildman–Crippen LogP) is 0.306. The predicted molar refractivity (Wildman–Crippen MR) is 53.4 cm³/mol. The Morgan fingerprint density at radius 1 is 1.46 bits per heavy atom. The highest BCUT2D eigenvalue weighted by Gasteiger charge is 2.09. The third kappa shape index (κ3) is 8.49. The van der Waals surface area contributed by atoms with Crippen molar-refractivity contribution in [1.82, 2.24) is 4.72 Å². The van der Waals surface area contributed by atoms with Crippen LogP contribution in [0.5, 0.6) is 0 Å². The molecule has 0 aromatic rings. The number of aliphatic hydroxyl groups excluding tert-OH is 1. The standard InChI is InChI=1S/C7H16ClNO3S/c1-7(10)6-9-13(11,12)5-3-2-4-8/h7,9-10H,2-6H2,1H3. The molecule has 0 aliphatic carbocycles. The first-order chi connectivity index (χ1) is 5.98. The van der Waals surface area contributed by atoms with Gasteiger partial charge in [0.05, 0.1) is 11.9 Å². The molecule has 0 spiro atoms. The van der Waals surface area contributed by atoms with Crippen LogP contribution in [0.1, 0.15) is 19.8 Å². The third-order valence-electron chi connectivity index (χ3n) is 1.40. The second kappa shape index (κ2) is 6.59. The van der Waals surface area contributed by atoms with Crippen molar-refractivity contribution in [1.29, 1.82) is 0 Å². The topological polar surface area (TPSA) is 66.4 Å². The van der Waals surface area contributed by atoms with E-state index in [2.05, 4.69) is 4.72 Å². The number of sulfonamides is 1. The summed E-state index contributed by atoms with van der Waals surface area (Å²) in [5.41, 5.74) is 0. The maximum atomic E-state index is 11.1. The van der Waals surface area contributed by atoms with Crippen molar-refractivity contribution >= 4 is 21.6 Å². The van der Waals surface area contributed by atoms with Gasteiger partial charge in [-0.3, -0.25) is 0 Å². The zero-order valence-corrected chi connectivity index (χ0v) is 9.24. The number of hydrogen-bond acceptors (Lipinski definition) is 3. The highest BCUT2D eigenvalue weighted by molar-refractivity contribution is 7.89. The van der Waals surface area contributed by atoms with Gasteiger partial charge in [-0.2, -0.15) is 0 Å². The number of alkyl halides is 1. The van der Waals surface area contributed by atoms with E-state index >= 15 is 0 Å². The molecule has 0 saturated carbocycles. The summed E-state index contributed by atoms with van der Waals surface area (Å²) < 4.78 is 24.6. The molecule has 4 nitrogen and oxygen atoms in total. The molecule has 6 heteroatoms. The summed E-state index contributed by atoms with van der Waals surface area (Å²) in [6.45, 7) is 1.60. The zero-order valence-electron chi connectivity index (χ0n) is 7.66. The minimum atomic E-state index is -3.22. The van der Waals surface area contributed by atoms with Crippen LogP contribution >= 0.6 is 11.6 Å². The molecule has 0 bridgehead atoms. The quantitative estimate of drug-likeness (QED) is 0.488. The molecule has 0 aliphatic rings. The summed E-state index contributed by atoms with van der Waals surface area (Å²) in [7, 11) is -3.22. The lowest BCUT2D eigenvalue weighted by Crippen LogP contribution is -2.32. The summed E-state index contributed by atoms with van der Waals surface area (Å²) in [6, 6.07) is 0. The Kier molecular flexibility index (Phi) is 6.67. The van der Waals surface area contributed by atoms with Gasteiger partial charge in [-0.1, -0.05) is 0 Å². The molecule has 0 fully saturated rings. The molecule has 1 atom stereocenters. The first kappa shape index (κ1) is 13.2. The second-order valence-corrected chi connectivity index (χ2v) is 5.22. The number of unbranched alkanes of at least 4 members (excludes halogenated alkanes) is 1. The van der Waals surface area contributed by atoms with Gasteiger partial charge in [0, 0.05) is 12.4 Å². The molecule has 0 radical (unpaired) electrons. The van der Waals surface area contributed by atoms with Crippen molar-refractivity contribution in [3.05, 3.63) is 0 Å². The molecule has 0 amide bonds. The fourth-order valence-corrected chi connectivity index (χ4v) is 2.12. The molecule has 1 unspecified atom stereocenters. The monoisotopic (exact) mass is 229 g/mol. The minimum Gasteiger partial charge on any atom is -0.392 e. The van der Waals surface area contributed by atoms with Crippen molar-refractivity contribution in [2.24, 2.45) is 0 Å². The zero-order chi connectivity index (χ0) is 10.3. The van der Waals surface area contributed by atoms with E-state index in [0.29, 0.717) is 18.7 Å². The molecular weight excluding hydrogens is 214 g/mol. The first-order valence-corrected chi connectivity index (χ1v) is 6.38. The van der Waals surface area contributed by atoms with Crippen LogP contribution in [0.3, 0.4) is 0 Å². The molecule has 0 heterocycles. The summed E-state index contributed by atoms with van der Waals surface area (Å²) in [5, 5.41) is 8.84. The Morgan fingerprint density at radius 3 is 2.54 bits per heavy atom. The van der Waals surface area contributed by atoms with Crippen LogP contribution in [0.4, 0.5) is 0 Å². The van der Waals surface area contributed by atoms with Gasteiger partial charge in [0.15, 0.2) is 0 Å². The summed E-state index contributed by atoms with van der Waals surface area (Å²) in [5.74, 6) is 0.554. The molecule has 2 N–H and O–H groups in total. The van der Waals surface area contributed by atoms with Crippen LogP contribution in [0.2, 0.25) is 0 Å². The average Bonchev–Trinajstić information content (AvgIpc) is 2.02. The summed E-state index contributed by atoms with van der Waals surface area (Å²) in [4.78, 5) is 0. The fraction of sp³-hybridized carbons (Fsp3) is 1.00. The van der Waals surface area contributed by atoms with E-state index in [1.807, 2.05) is 0 Å². The van der Waals surface area contributed by atoms with Gasteiger partial charge in [0.25, 0.3) is 0 Å². The van der Waals surface area contributed by atoms with Crippen LogP contribution in [0.15, 0.2) is 0 Å². The Bertz CT molecular complexity index is 216. The van der Waals surface area contributed by atoms with Crippen molar-refractivity contribution in [3.8, 4) is 0 Å². The van der Waals surface area contributed by atoms with E-state index in [1.165, 1.54) is 6.92 Å². The van der Waals surface area contributed by atoms with Gasteiger partial charge >= 0.3 is 0 Å². The van der Waals surface area contributed by atoms with Crippen LogP contribution in [0.25, 0.3) is 0 Å². The lowest BCUT2D eigenvalue weighted by Gasteiger charge is -2.07. The highest BCUT2D eigenvalue weighted by Crippen LogP contribution is 1.96. The third-order valence-corrected chi connectivity index (χ3v) is 3.10. The lowest BCUT2D eigenvalue weighted by molar-refractivity contribution is 0.198. The Hall–Kier alpha value is 0.160. The van der Waals surface area contributed by atoms with E-state index in [1.54, 1.807) is 0 Å². The molecule has 80 valence electrons. The normalized spacial score (nSPS) is 14.4. The molecule has 0 aromatic carbocycles. The number of hydrogen-bond donors (Lipinski definition) is 2. The van der Waals surface area contributed by atoms with Crippen LogP contribution < -0.4 is 4.72 Å². The smallest absolute Gasteiger partial charge is 0.211 e. The summed E-state index contributed by atoms with van der Waals surface area (Å²) in [6.07, 6.45) is 0.596. The Balaban J connectivity index is 3.68. The molecule has 0 saturated heterocycles. The molecule has 0 rings (SSSR count). The molecular formula is C7H16ClNO3S. The van der Waals surface area contributed by atoms with Gasteiger partial charge in [0.1, 0.15) is 0 Å². The van der Waals surface area contributed by atoms with E-state index < -0.39 is 16.1 Å². The Morgan fingerprint density at radius 2 is 2.08 bits per heavy atom. The SMILES string of the molecule is CC(O)CNS(=O)(=O)CCCCCl. The van der Waals surface area contributed by atoms with Crippen LogP contribution in [0, 0.1) is 0 Å². The number of rotatable bonds is 7. The number of aliphatic hydroxyl groups is 1. The van der Waals surface area contributed by atoms with Crippen molar-refractivity contribution in [3.63, 3.8) is 0 Å². The molecule has 0 aliphatic heterocycles. The van der Waals surface area contributed by atoms with Gasteiger partial charge in [-0.05, 0) is 19.8 Å². The largest absolute Gasteiger partial charge is 0.392 e. The first-order valence-electron chi connectivity index (χ1n) is 4.19. The maximum Gasteiger partial charge on any atom is 0.211 e. The van der Waals surface area contributed by atoms with Gasteiger partial charge in [-0.15, -0.1) is 11.6 Å². The van der Waals surface area contributed by atoms with Gasteiger partial charge < -0.3 is 5.11 Å². The molecule has 13 heavy (non-hydrogen) atoms. The summed E-state index contributed by atoms with van der Waals surface area (Å²) >= 11 is 5.40. The van der Waals surface area contributed by atoms with E-state index in [-0.39, 0.29) is 12.3 Å². The second-order valence-electron chi connectivity index (χ2n) is 2.91. The van der Waals surface area contributed by atoms with Crippen molar-refractivity contribution < 1.29 is 13.5 Å². The van der Waals surface area contributed by atoms with Gasteiger partial charge in [-0.25, -0.2) is 13.1 Å². The van der Waals surface area contributed by atoms with Gasteiger partial charge in [0.2, 0.25) is 10.0 Å². The Labute approximate surface area is 84.3 Å². The number of nitrogens with one attached hydrogen (secondary N) is 1. The van der Waals surface area contributed by atoms with E-state index in [0.717, 1.165) is 0 Å². The fourth-order valence-electron chi connectivity index (χ4n) is 0.706.